The first-order valence-electron chi connectivity index (χ1n) is 11.5. The maximum absolute atomic E-state index is 9.04. The summed E-state index contributed by atoms with van der Waals surface area (Å²) in [4.78, 5) is 6.48. The molecule has 0 radical (unpaired) electrons. The van der Waals surface area contributed by atoms with E-state index in [-0.39, 0.29) is 0 Å². The summed E-state index contributed by atoms with van der Waals surface area (Å²) in [5.41, 5.74) is 4.74. The highest BCUT2D eigenvalue weighted by Gasteiger charge is 2.14. The van der Waals surface area contributed by atoms with E-state index in [2.05, 4.69) is 25.8 Å². The lowest BCUT2D eigenvalue weighted by atomic mass is 10.1. The number of imidazole rings is 1. The maximum atomic E-state index is 9.04. The lowest BCUT2D eigenvalue weighted by Crippen LogP contribution is -2.36. The Morgan fingerprint density at radius 3 is 2.56 bits per heavy atom. The summed E-state index contributed by atoms with van der Waals surface area (Å²) >= 11 is 12.3. The van der Waals surface area contributed by atoms with Gasteiger partial charge in [0.2, 0.25) is 0 Å². The van der Waals surface area contributed by atoms with Gasteiger partial charge in [-0.2, -0.15) is 5.26 Å². The molecule has 0 aliphatic rings. The molecule has 0 bridgehead atoms. The summed E-state index contributed by atoms with van der Waals surface area (Å²) in [5, 5.41) is 13.7. The second-order valence-corrected chi connectivity index (χ2v) is 9.04. The monoisotopic (exact) mass is 515 g/mol. The number of thiocarbonyl (C=S) groups is 1. The third-order valence-corrected chi connectivity index (χ3v) is 6.55. The van der Waals surface area contributed by atoms with E-state index < -0.39 is 0 Å². The molecule has 0 fully saturated rings. The number of hydrogen-bond acceptors (Lipinski definition) is 4. The molecule has 1 aromatic heterocycles. The zero-order valence-electron chi connectivity index (χ0n) is 19.9. The average Bonchev–Trinajstić information content (AvgIpc) is 3.35. The van der Waals surface area contributed by atoms with Crippen LogP contribution in [0, 0.1) is 11.3 Å². The topological polar surface area (TPSA) is 66.1 Å². The minimum absolute atomic E-state index is 0.575. The van der Waals surface area contributed by atoms with Gasteiger partial charge >= 0.3 is 0 Å². The molecule has 3 aromatic carbocycles. The van der Waals surface area contributed by atoms with Crippen molar-refractivity contribution in [3.05, 3.63) is 113 Å². The van der Waals surface area contributed by atoms with Gasteiger partial charge in [-0.15, -0.1) is 0 Å². The summed E-state index contributed by atoms with van der Waals surface area (Å²) in [6, 6.07) is 25.2. The lowest BCUT2D eigenvalue weighted by molar-refractivity contribution is 0.414. The average molecular weight is 516 g/mol. The van der Waals surface area contributed by atoms with E-state index in [1.165, 1.54) is 0 Å². The predicted octanol–water partition coefficient (Wildman–Crippen LogP) is 5.91. The molecule has 0 spiro atoms. The van der Waals surface area contributed by atoms with E-state index in [1.807, 2.05) is 85.3 Å². The van der Waals surface area contributed by atoms with Crippen LogP contribution >= 0.6 is 23.8 Å². The molecule has 1 heterocycles. The molecule has 0 unspecified atom stereocenters. The number of nitrogens with zero attached hydrogens (tertiary/aromatic N) is 4. The molecule has 6 nitrogen and oxygen atoms in total. The Bertz CT molecular complexity index is 1350. The van der Waals surface area contributed by atoms with Crippen LogP contribution in [0.5, 0.6) is 5.75 Å². The maximum Gasteiger partial charge on any atom is 0.173 e. The molecule has 4 rings (SSSR count). The Kier molecular flexibility index (Phi) is 8.56. The third kappa shape index (κ3) is 6.63. The van der Waals surface area contributed by atoms with Gasteiger partial charge in [-0.3, -0.25) is 0 Å². The molecule has 0 aliphatic heterocycles. The molecule has 0 atom stereocenters. The third-order valence-electron chi connectivity index (χ3n) is 5.82. The molecule has 0 saturated carbocycles. The predicted molar refractivity (Wildman–Crippen MR) is 147 cm³/mol. The van der Waals surface area contributed by atoms with Crippen molar-refractivity contribution >= 4 is 34.6 Å². The van der Waals surface area contributed by atoms with Gasteiger partial charge in [0.15, 0.2) is 5.11 Å². The van der Waals surface area contributed by atoms with Crippen molar-refractivity contribution in [3.8, 4) is 11.8 Å². The van der Waals surface area contributed by atoms with Crippen LogP contribution in [0.1, 0.15) is 22.4 Å². The summed E-state index contributed by atoms with van der Waals surface area (Å²) in [7, 11) is 1.64. The Morgan fingerprint density at radius 2 is 1.86 bits per heavy atom. The van der Waals surface area contributed by atoms with Crippen molar-refractivity contribution in [2.24, 2.45) is 0 Å². The quantitative estimate of drug-likeness (QED) is 0.280. The van der Waals surface area contributed by atoms with Crippen molar-refractivity contribution < 1.29 is 4.74 Å². The number of anilines is 1. The zero-order chi connectivity index (χ0) is 25.3. The van der Waals surface area contributed by atoms with Crippen molar-refractivity contribution in [1.82, 2.24) is 14.5 Å². The number of nitriles is 1. The van der Waals surface area contributed by atoms with E-state index >= 15 is 0 Å². The summed E-state index contributed by atoms with van der Waals surface area (Å²) in [6.45, 7) is 1.93. The van der Waals surface area contributed by atoms with Gasteiger partial charge < -0.3 is 19.5 Å². The van der Waals surface area contributed by atoms with Crippen molar-refractivity contribution in [2.75, 3.05) is 19.0 Å². The van der Waals surface area contributed by atoms with Gasteiger partial charge in [0.05, 0.1) is 25.1 Å². The number of hydrogen-bond donors (Lipinski definition) is 1. The minimum Gasteiger partial charge on any atom is -0.497 e. The van der Waals surface area contributed by atoms with Gasteiger partial charge in [0, 0.05) is 48.7 Å². The van der Waals surface area contributed by atoms with Gasteiger partial charge in [0.25, 0.3) is 0 Å². The molecule has 1 N–H and O–H groups in total. The SMILES string of the molecule is COc1ccc(NC(=S)N(CCc2cncn2Cc2ccc(C#N)cc2)Cc2ccccc2Cl)cc1. The first-order valence-corrected chi connectivity index (χ1v) is 12.3. The Hall–Kier alpha value is -3.86. The normalized spacial score (nSPS) is 10.5. The Balaban J connectivity index is 1.48. The number of halogens is 1. The summed E-state index contributed by atoms with van der Waals surface area (Å²) in [5.74, 6) is 0.787. The van der Waals surface area contributed by atoms with Crippen LogP contribution in [-0.4, -0.2) is 33.2 Å². The molecule has 36 heavy (non-hydrogen) atoms. The molecule has 8 heteroatoms. The van der Waals surface area contributed by atoms with Crippen molar-refractivity contribution in [1.29, 1.82) is 5.26 Å². The van der Waals surface area contributed by atoms with Gasteiger partial charge in [-0.1, -0.05) is 41.9 Å². The van der Waals surface area contributed by atoms with E-state index in [0.717, 1.165) is 34.7 Å². The number of nitrogens with one attached hydrogen (secondary N) is 1. The number of benzene rings is 3. The zero-order valence-corrected chi connectivity index (χ0v) is 21.5. The van der Waals surface area contributed by atoms with E-state index in [4.69, 9.17) is 33.8 Å². The molecular weight excluding hydrogens is 490 g/mol. The molecular formula is C28H26ClN5OS. The van der Waals surface area contributed by atoms with Crippen molar-refractivity contribution in [3.63, 3.8) is 0 Å². The molecule has 0 aliphatic carbocycles. The van der Waals surface area contributed by atoms with Crippen LogP contribution in [0.4, 0.5) is 5.69 Å². The standard InChI is InChI=1S/C28H26ClN5OS/c1-35-26-12-10-24(11-13-26)32-28(36)33(19-23-4-2-3-5-27(23)29)15-14-25-17-31-20-34(25)18-22-8-6-21(16-30)7-9-22/h2-13,17,20H,14-15,18-19H2,1H3,(H,32,36). The smallest absolute Gasteiger partial charge is 0.173 e. The molecule has 0 amide bonds. The summed E-state index contributed by atoms with van der Waals surface area (Å²) < 4.78 is 7.37. The second-order valence-electron chi connectivity index (χ2n) is 8.24. The largest absolute Gasteiger partial charge is 0.497 e. The molecule has 182 valence electrons. The molecule has 4 aromatic rings. The van der Waals surface area contributed by atoms with Gasteiger partial charge in [-0.25, -0.2) is 4.98 Å². The lowest BCUT2D eigenvalue weighted by Gasteiger charge is -2.27. The number of ether oxygens (including phenoxy) is 1. The number of methoxy groups -OCH3 is 1. The van der Waals surface area contributed by atoms with E-state index in [9.17, 15) is 0 Å². The van der Waals surface area contributed by atoms with Crippen LogP contribution in [0.15, 0.2) is 85.3 Å². The van der Waals surface area contributed by atoms with Crippen LogP contribution in [0.3, 0.4) is 0 Å². The van der Waals surface area contributed by atoms with Crippen LogP contribution in [-0.2, 0) is 19.5 Å². The van der Waals surface area contributed by atoms with E-state index in [1.54, 1.807) is 7.11 Å². The second kappa shape index (κ2) is 12.2. The first kappa shape index (κ1) is 25.2. The van der Waals surface area contributed by atoms with E-state index in [0.29, 0.717) is 35.3 Å². The highest BCUT2D eigenvalue weighted by molar-refractivity contribution is 7.80. The fourth-order valence-electron chi connectivity index (χ4n) is 3.79. The van der Waals surface area contributed by atoms with Crippen LogP contribution in [0.2, 0.25) is 5.02 Å². The highest BCUT2D eigenvalue weighted by Crippen LogP contribution is 2.20. The fourth-order valence-corrected chi connectivity index (χ4v) is 4.26. The fraction of sp³-hybridized carbons (Fsp3) is 0.179. The number of rotatable bonds is 9. The minimum atomic E-state index is 0.575. The Morgan fingerprint density at radius 1 is 1.11 bits per heavy atom. The Labute approximate surface area is 221 Å². The molecule has 0 saturated heterocycles. The van der Waals surface area contributed by atoms with Gasteiger partial charge in [0.1, 0.15) is 5.75 Å². The van der Waals surface area contributed by atoms with Crippen LogP contribution < -0.4 is 10.1 Å². The number of aromatic nitrogens is 2. The summed E-state index contributed by atoms with van der Waals surface area (Å²) in [6.07, 6.45) is 4.46. The van der Waals surface area contributed by atoms with Crippen molar-refractivity contribution in [2.45, 2.75) is 19.5 Å². The van der Waals surface area contributed by atoms with Gasteiger partial charge in [-0.05, 0) is 65.8 Å². The first-order chi connectivity index (χ1) is 17.6. The highest BCUT2D eigenvalue weighted by atomic mass is 35.5. The van der Waals surface area contributed by atoms with Crippen LogP contribution in [0.25, 0.3) is 0 Å².